The number of rotatable bonds is 3. The Morgan fingerprint density at radius 3 is 2.33 bits per heavy atom. The summed E-state index contributed by atoms with van der Waals surface area (Å²) in [5, 5.41) is 0. The maximum Gasteiger partial charge on any atom is 0.337 e. The fourth-order valence-electron chi connectivity index (χ4n) is 0.848. The van der Waals surface area contributed by atoms with Gasteiger partial charge in [0.2, 0.25) is 0 Å². The third-order valence-electron chi connectivity index (χ3n) is 1.28. The van der Waals surface area contributed by atoms with Gasteiger partial charge >= 0.3 is 5.97 Å². The highest BCUT2D eigenvalue weighted by molar-refractivity contribution is 5.91. The van der Waals surface area contributed by atoms with Crippen molar-refractivity contribution in [3.63, 3.8) is 0 Å². The van der Waals surface area contributed by atoms with E-state index in [0.29, 0.717) is 11.5 Å². The van der Waals surface area contributed by atoms with Crippen LogP contribution < -0.4 is 0 Å². The SMILES string of the molecule is C/C=C/C(=C\C(C)C)C(=O)OC. The second-order valence-electron chi connectivity index (χ2n) is 2.86. The normalized spacial score (nSPS) is 12.6. The maximum absolute atomic E-state index is 11.1. The van der Waals surface area contributed by atoms with Gasteiger partial charge in [-0.05, 0) is 12.8 Å². The van der Waals surface area contributed by atoms with Crippen LogP contribution in [0.25, 0.3) is 0 Å². The van der Waals surface area contributed by atoms with Crippen LogP contribution >= 0.6 is 0 Å². The van der Waals surface area contributed by atoms with Gasteiger partial charge in [0.1, 0.15) is 0 Å². The van der Waals surface area contributed by atoms with Gasteiger partial charge in [-0.3, -0.25) is 0 Å². The summed E-state index contributed by atoms with van der Waals surface area (Å²) in [5.41, 5.74) is 0.620. The van der Waals surface area contributed by atoms with E-state index in [1.165, 1.54) is 7.11 Å². The topological polar surface area (TPSA) is 26.3 Å². The molecule has 0 bridgehead atoms. The Labute approximate surface area is 73.9 Å². The van der Waals surface area contributed by atoms with Crippen LogP contribution in [-0.4, -0.2) is 13.1 Å². The number of ether oxygens (including phenoxy) is 1. The lowest BCUT2D eigenvalue weighted by Gasteiger charge is -2.01. The number of methoxy groups -OCH3 is 1. The predicted octanol–water partition coefficient (Wildman–Crippen LogP) is 2.32. The number of esters is 1. The molecule has 0 unspecified atom stereocenters. The first kappa shape index (κ1) is 11.0. The van der Waals surface area contributed by atoms with Crippen molar-refractivity contribution in [2.24, 2.45) is 5.92 Å². The van der Waals surface area contributed by atoms with Crippen molar-refractivity contribution >= 4 is 5.97 Å². The Kier molecular flexibility index (Phi) is 5.09. The van der Waals surface area contributed by atoms with Gasteiger partial charge in [0.25, 0.3) is 0 Å². The van der Waals surface area contributed by atoms with Crippen molar-refractivity contribution in [1.82, 2.24) is 0 Å². The van der Waals surface area contributed by atoms with E-state index in [-0.39, 0.29) is 5.97 Å². The van der Waals surface area contributed by atoms with E-state index in [1.807, 2.05) is 32.9 Å². The van der Waals surface area contributed by atoms with Gasteiger partial charge in [-0.1, -0.05) is 32.1 Å². The van der Waals surface area contributed by atoms with Gasteiger partial charge in [-0.25, -0.2) is 4.79 Å². The molecular formula is C10H16O2. The standard InChI is InChI=1S/C10H16O2/c1-5-6-9(7-8(2)3)10(11)12-4/h5-8H,1-4H3/b6-5+,9-7+. The molecule has 2 heteroatoms. The highest BCUT2D eigenvalue weighted by Crippen LogP contribution is 2.05. The van der Waals surface area contributed by atoms with Gasteiger partial charge in [0.05, 0.1) is 12.7 Å². The van der Waals surface area contributed by atoms with E-state index in [2.05, 4.69) is 4.74 Å². The molecule has 0 radical (unpaired) electrons. The van der Waals surface area contributed by atoms with E-state index in [0.717, 1.165) is 0 Å². The second-order valence-corrected chi connectivity index (χ2v) is 2.86. The monoisotopic (exact) mass is 168 g/mol. The summed E-state index contributed by atoms with van der Waals surface area (Å²) in [6.07, 6.45) is 5.46. The van der Waals surface area contributed by atoms with Crippen LogP contribution in [0.4, 0.5) is 0 Å². The second kappa shape index (κ2) is 5.58. The van der Waals surface area contributed by atoms with E-state index in [4.69, 9.17) is 0 Å². The summed E-state index contributed by atoms with van der Waals surface area (Å²) in [7, 11) is 1.39. The first-order valence-corrected chi connectivity index (χ1v) is 4.04. The fourth-order valence-corrected chi connectivity index (χ4v) is 0.848. The number of carbonyl (C=O) groups is 1. The smallest absolute Gasteiger partial charge is 0.337 e. The average molecular weight is 168 g/mol. The number of carbonyl (C=O) groups excluding carboxylic acids is 1. The van der Waals surface area contributed by atoms with Gasteiger partial charge in [-0.2, -0.15) is 0 Å². The Bertz CT molecular complexity index is 200. The molecule has 0 aromatic rings. The molecule has 0 amide bonds. The molecule has 12 heavy (non-hydrogen) atoms. The van der Waals surface area contributed by atoms with Gasteiger partial charge < -0.3 is 4.74 Å². The summed E-state index contributed by atoms with van der Waals surface area (Å²) >= 11 is 0. The molecular weight excluding hydrogens is 152 g/mol. The van der Waals surface area contributed by atoms with Gasteiger partial charge in [0.15, 0.2) is 0 Å². The number of hydrogen-bond donors (Lipinski definition) is 0. The lowest BCUT2D eigenvalue weighted by atomic mass is 10.1. The molecule has 0 aromatic heterocycles. The summed E-state index contributed by atoms with van der Waals surface area (Å²) in [6, 6.07) is 0. The van der Waals surface area contributed by atoms with Crippen LogP contribution in [0.3, 0.4) is 0 Å². The maximum atomic E-state index is 11.1. The van der Waals surface area contributed by atoms with Crippen molar-refractivity contribution in [2.75, 3.05) is 7.11 Å². The van der Waals surface area contributed by atoms with Crippen molar-refractivity contribution in [3.8, 4) is 0 Å². The Morgan fingerprint density at radius 1 is 1.42 bits per heavy atom. The molecule has 0 rings (SSSR count). The Balaban J connectivity index is 4.54. The zero-order chi connectivity index (χ0) is 9.56. The van der Waals surface area contributed by atoms with Gasteiger partial charge in [0, 0.05) is 0 Å². The molecule has 0 aliphatic carbocycles. The lowest BCUT2D eigenvalue weighted by Crippen LogP contribution is -2.03. The van der Waals surface area contributed by atoms with Crippen LogP contribution in [0.5, 0.6) is 0 Å². The Hall–Kier alpha value is -1.05. The van der Waals surface area contributed by atoms with Crippen molar-refractivity contribution < 1.29 is 9.53 Å². The minimum atomic E-state index is -0.276. The van der Waals surface area contributed by atoms with E-state index in [1.54, 1.807) is 6.08 Å². The third kappa shape index (κ3) is 3.96. The molecule has 0 atom stereocenters. The predicted molar refractivity (Wildman–Crippen MR) is 49.8 cm³/mol. The quantitative estimate of drug-likeness (QED) is 0.367. The molecule has 0 fully saturated rings. The zero-order valence-corrected chi connectivity index (χ0v) is 8.13. The van der Waals surface area contributed by atoms with E-state index < -0.39 is 0 Å². The molecule has 0 saturated heterocycles. The average Bonchev–Trinajstić information content (AvgIpc) is 2.01. The van der Waals surface area contributed by atoms with Crippen LogP contribution in [0, 0.1) is 5.92 Å². The van der Waals surface area contributed by atoms with E-state index in [9.17, 15) is 4.79 Å². The van der Waals surface area contributed by atoms with Crippen LogP contribution in [-0.2, 0) is 9.53 Å². The Morgan fingerprint density at radius 2 is 2.00 bits per heavy atom. The van der Waals surface area contributed by atoms with Crippen LogP contribution in [0.1, 0.15) is 20.8 Å². The van der Waals surface area contributed by atoms with E-state index >= 15 is 0 Å². The van der Waals surface area contributed by atoms with Crippen molar-refractivity contribution in [1.29, 1.82) is 0 Å². The molecule has 0 N–H and O–H groups in total. The molecule has 0 aliphatic heterocycles. The number of hydrogen-bond acceptors (Lipinski definition) is 2. The molecule has 0 heterocycles. The highest BCUT2D eigenvalue weighted by atomic mass is 16.5. The van der Waals surface area contributed by atoms with Crippen molar-refractivity contribution in [3.05, 3.63) is 23.8 Å². The zero-order valence-electron chi connectivity index (χ0n) is 8.13. The number of allylic oxidation sites excluding steroid dienone is 2. The largest absolute Gasteiger partial charge is 0.465 e. The van der Waals surface area contributed by atoms with Crippen LogP contribution in [0.15, 0.2) is 23.8 Å². The third-order valence-corrected chi connectivity index (χ3v) is 1.28. The minimum Gasteiger partial charge on any atom is -0.465 e. The molecule has 0 spiro atoms. The lowest BCUT2D eigenvalue weighted by molar-refractivity contribution is -0.135. The minimum absolute atomic E-state index is 0.276. The molecule has 2 nitrogen and oxygen atoms in total. The first-order chi connectivity index (χ1) is 5.61. The summed E-state index contributed by atoms with van der Waals surface area (Å²) < 4.78 is 4.61. The van der Waals surface area contributed by atoms with Crippen molar-refractivity contribution in [2.45, 2.75) is 20.8 Å². The van der Waals surface area contributed by atoms with Gasteiger partial charge in [-0.15, -0.1) is 0 Å². The first-order valence-electron chi connectivity index (χ1n) is 4.04. The molecule has 0 saturated carbocycles. The highest BCUT2D eigenvalue weighted by Gasteiger charge is 2.05. The molecule has 68 valence electrons. The molecule has 0 aromatic carbocycles. The summed E-state index contributed by atoms with van der Waals surface area (Å²) in [6.45, 7) is 5.91. The molecule has 0 aliphatic rings. The summed E-state index contributed by atoms with van der Waals surface area (Å²) in [4.78, 5) is 11.1. The van der Waals surface area contributed by atoms with Crippen LogP contribution in [0.2, 0.25) is 0 Å². The summed E-state index contributed by atoms with van der Waals surface area (Å²) in [5.74, 6) is 0.0806. The fraction of sp³-hybridized carbons (Fsp3) is 0.500.